The average molecular weight is 274 g/mol. The summed E-state index contributed by atoms with van der Waals surface area (Å²) in [7, 11) is 1.82. The van der Waals surface area contributed by atoms with E-state index in [1.807, 2.05) is 6.07 Å². The zero-order valence-electron chi connectivity index (χ0n) is 9.82. The number of benzene rings is 1. The van der Waals surface area contributed by atoms with Gasteiger partial charge in [0.2, 0.25) is 9.05 Å². The third-order valence-corrected chi connectivity index (χ3v) is 4.30. The van der Waals surface area contributed by atoms with E-state index >= 15 is 0 Å². The Kier molecular flexibility index (Phi) is 3.76. The first-order chi connectivity index (χ1) is 7.98. The van der Waals surface area contributed by atoms with E-state index in [1.54, 1.807) is 0 Å². The van der Waals surface area contributed by atoms with Crippen molar-refractivity contribution >= 4 is 19.7 Å². The van der Waals surface area contributed by atoms with E-state index in [9.17, 15) is 8.42 Å². The van der Waals surface area contributed by atoms with Crippen LogP contribution >= 0.6 is 10.7 Å². The number of aryl methyl sites for hydroxylation is 1. The summed E-state index contributed by atoms with van der Waals surface area (Å²) >= 11 is 0. The lowest BCUT2D eigenvalue weighted by molar-refractivity contribution is 0.301. The third kappa shape index (κ3) is 3.44. The standard InChI is InChI=1S/C12H16ClNO2S/c1-2-14-8-11-4-3-10(7-12(11)9-14)5-6-17(13,15)16/h3-4,7H,2,5-6,8-9H2,1H3. The van der Waals surface area contributed by atoms with Crippen molar-refractivity contribution in [1.82, 2.24) is 4.90 Å². The van der Waals surface area contributed by atoms with Gasteiger partial charge in [0, 0.05) is 23.8 Å². The molecule has 0 unspecified atom stereocenters. The second-order valence-corrected chi connectivity index (χ2v) is 7.30. The zero-order valence-corrected chi connectivity index (χ0v) is 11.4. The molecule has 0 spiro atoms. The second-order valence-electron chi connectivity index (χ2n) is 4.40. The van der Waals surface area contributed by atoms with E-state index in [-0.39, 0.29) is 5.75 Å². The summed E-state index contributed by atoms with van der Waals surface area (Å²) in [6.07, 6.45) is 0.491. The summed E-state index contributed by atoms with van der Waals surface area (Å²) in [6, 6.07) is 6.20. The lowest BCUT2D eigenvalue weighted by Crippen LogP contribution is -2.14. The van der Waals surface area contributed by atoms with Gasteiger partial charge in [-0.25, -0.2) is 8.42 Å². The highest BCUT2D eigenvalue weighted by Gasteiger charge is 2.17. The van der Waals surface area contributed by atoms with Gasteiger partial charge in [-0.05, 0) is 29.7 Å². The molecule has 1 heterocycles. The maximum Gasteiger partial charge on any atom is 0.232 e. The molecular weight excluding hydrogens is 258 g/mol. The highest BCUT2D eigenvalue weighted by molar-refractivity contribution is 8.13. The van der Waals surface area contributed by atoms with Gasteiger partial charge < -0.3 is 0 Å². The lowest BCUT2D eigenvalue weighted by Gasteiger charge is -2.09. The average Bonchev–Trinajstić information content (AvgIpc) is 2.67. The van der Waals surface area contributed by atoms with Crippen LogP contribution in [0.1, 0.15) is 23.6 Å². The molecule has 1 aromatic carbocycles. The maximum atomic E-state index is 10.9. The number of halogens is 1. The third-order valence-electron chi connectivity index (χ3n) is 3.14. The summed E-state index contributed by atoms with van der Waals surface area (Å²) in [5.41, 5.74) is 3.71. The molecule has 1 aliphatic rings. The molecule has 0 saturated heterocycles. The second kappa shape index (κ2) is 4.96. The molecule has 0 bridgehead atoms. The van der Waals surface area contributed by atoms with Crippen LogP contribution in [0.4, 0.5) is 0 Å². The Morgan fingerprint density at radius 2 is 2.00 bits per heavy atom. The Bertz CT molecular complexity index is 513. The Balaban J connectivity index is 2.08. The Hall–Kier alpha value is -0.580. The smallest absolute Gasteiger partial charge is 0.232 e. The van der Waals surface area contributed by atoms with Gasteiger partial charge in [0.1, 0.15) is 0 Å². The van der Waals surface area contributed by atoms with Gasteiger partial charge in [-0.1, -0.05) is 25.1 Å². The van der Waals surface area contributed by atoms with Crippen LogP contribution in [0.25, 0.3) is 0 Å². The van der Waals surface area contributed by atoms with Crippen molar-refractivity contribution in [2.24, 2.45) is 0 Å². The van der Waals surface area contributed by atoms with E-state index in [1.165, 1.54) is 11.1 Å². The first-order valence-electron chi connectivity index (χ1n) is 5.73. The van der Waals surface area contributed by atoms with Crippen molar-refractivity contribution in [3.05, 3.63) is 34.9 Å². The minimum Gasteiger partial charge on any atom is -0.295 e. The summed E-state index contributed by atoms with van der Waals surface area (Å²) in [6.45, 7) is 5.15. The summed E-state index contributed by atoms with van der Waals surface area (Å²) in [5, 5.41) is 0. The molecule has 1 aromatic rings. The first kappa shape index (κ1) is 12.9. The van der Waals surface area contributed by atoms with Gasteiger partial charge in [-0.2, -0.15) is 0 Å². The van der Waals surface area contributed by atoms with Crippen molar-refractivity contribution in [2.75, 3.05) is 12.3 Å². The number of fused-ring (bicyclic) bond motifs is 1. The first-order valence-corrected chi connectivity index (χ1v) is 8.21. The molecule has 0 aliphatic carbocycles. The Morgan fingerprint density at radius 1 is 1.29 bits per heavy atom. The summed E-state index contributed by atoms with van der Waals surface area (Å²) in [4.78, 5) is 2.35. The summed E-state index contributed by atoms with van der Waals surface area (Å²) < 4.78 is 21.8. The zero-order chi connectivity index (χ0) is 12.5. The number of hydrogen-bond acceptors (Lipinski definition) is 3. The van der Waals surface area contributed by atoms with Crippen LogP contribution < -0.4 is 0 Å². The largest absolute Gasteiger partial charge is 0.295 e. The molecule has 17 heavy (non-hydrogen) atoms. The number of rotatable bonds is 4. The maximum absolute atomic E-state index is 10.9. The van der Waals surface area contributed by atoms with Crippen LogP contribution in [-0.4, -0.2) is 25.6 Å². The highest BCUT2D eigenvalue weighted by Crippen LogP contribution is 2.23. The van der Waals surface area contributed by atoms with Gasteiger partial charge in [0.05, 0.1) is 5.75 Å². The van der Waals surface area contributed by atoms with Gasteiger partial charge >= 0.3 is 0 Å². The fourth-order valence-electron chi connectivity index (χ4n) is 2.14. The molecule has 0 fully saturated rings. The van der Waals surface area contributed by atoms with Gasteiger partial charge in [0.25, 0.3) is 0 Å². The van der Waals surface area contributed by atoms with Crippen LogP contribution in [0.2, 0.25) is 0 Å². The molecule has 94 valence electrons. The molecule has 0 saturated carbocycles. The fourth-order valence-corrected chi connectivity index (χ4v) is 2.85. The molecule has 0 aromatic heterocycles. The van der Waals surface area contributed by atoms with Crippen molar-refractivity contribution in [3.8, 4) is 0 Å². The molecule has 2 rings (SSSR count). The van der Waals surface area contributed by atoms with E-state index in [0.717, 1.165) is 25.2 Å². The van der Waals surface area contributed by atoms with Crippen LogP contribution in [0, 0.1) is 0 Å². The normalized spacial score (nSPS) is 16.1. The predicted octanol–water partition coefficient (Wildman–Crippen LogP) is 2.13. The number of hydrogen-bond donors (Lipinski definition) is 0. The minimum absolute atomic E-state index is 0.00480. The molecule has 0 amide bonds. The minimum atomic E-state index is -3.39. The molecule has 0 N–H and O–H groups in total. The molecule has 1 aliphatic heterocycles. The van der Waals surface area contributed by atoms with Crippen molar-refractivity contribution < 1.29 is 8.42 Å². The van der Waals surface area contributed by atoms with E-state index in [0.29, 0.717) is 6.42 Å². The topological polar surface area (TPSA) is 37.4 Å². The lowest BCUT2D eigenvalue weighted by atomic mass is 10.1. The van der Waals surface area contributed by atoms with Crippen molar-refractivity contribution in [1.29, 1.82) is 0 Å². The van der Waals surface area contributed by atoms with Crippen molar-refractivity contribution in [2.45, 2.75) is 26.4 Å². The van der Waals surface area contributed by atoms with E-state index in [2.05, 4.69) is 24.0 Å². The molecule has 5 heteroatoms. The van der Waals surface area contributed by atoms with E-state index < -0.39 is 9.05 Å². The van der Waals surface area contributed by atoms with Crippen molar-refractivity contribution in [3.63, 3.8) is 0 Å². The SMILES string of the molecule is CCN1Cc2ccc(CCS(=O)(=O)Cl)cc2C1. The molecule has 0 radical (unpaired) electrons. The van der Waals surface area contributed by atoms with Crippen LogP contribution in [0.5, 0.6) is 0 Å². The molecular formula is C12H16ClNO2S. The molecule has 0 atom stereocenters. The Labute approximate surface area is 107 Å². The monoisotopic (exact) mass is 273 g/mol. The van der Waals surface area contributed by atoms with Crippen LogP contribution in [0.15, 0.2) is 18.2 Å². The quantitative estimate of drug-likeness (QED) is 0.789. The summed E-state index contributed by atoms with van der Waals surface area (Å²) in [5.74, 6) is 0.00480. The van der Waals surface area contributed by atoms with E-state index in [4.69, 9.17) is 10.7 Å². The number of nitrogens with zero attached hydrogens (tertiary/aromatic N) is 1. The molecule has 3 nitrogen and oxygen atoms in total. The van der Waals surface area contributed by atoms with Gasteiger partial charge in [-0.3, -0.25) is 4.90 Å². The fraction of sp³-hybridized carbons (Fsp3) is 0.500. The predicted molar refractivity (Wildman–Crippen MR) is 69.6 cm³/mol. The van der Waals surface area contributed by atoms with Gasteiger partial charge in [-0.15, -0.1) is 0 Å². The van der Waals surface area contributed by atoms with Crippen LogP contribution in [-0.2, 0) is 28.6 Å². The highest BCUT2D eigenvalue weighted by atomic mass is 35.7. The Morgan fingerprint density at radius 3 is 2.65 bits per heavy atom. The van der Waals surface area contributed by atoms with Gasteiger partial charge in [0.15, 0.2) is 0 Å². The van der Waals surface area contributed by atoms with Crippen LogP contribution in [0.3, 0.4) is 0 Å².